The standard InChI is InChI=1S/C10H21NO2/c1-9-2-3-10(8-9)11-4-6-13-7-5-12/h9-12H,2-8H2,1H3/t9-,10-/m1/s1. The Morgan fingerprint density at radius 1 is 1.38 bits per heavy atom. The molecule has 0 unspecified atom stereocenters. The van der Waals surface area contributed by atoms with E-state index in [1.165, 1.54) is 19.3 Å². The molecule has 1 rings (SSSR count). The van der Waals surface area contributed by atoms with Crippen molar-refractivity contribution in [2.75, 3.05) is 26.4 Å². The molecule has 1 aliphatic carbocycles. The lowest BCUT2D eigenvalue weighted by atomic mass is 10.1. The molecule has 2 N–H and O–H groups in total. The van der Waals surface area contributed by atoms with Crippen LogP contribution < -0.4 is 5.32 Å². The molecule has 13 heavy (non-hydrogen) atoms. The first-order chi connectivity index (χ1) is 6.33. The van der Waals surface area contributed by atoms with Crippen molar-refractivity contribution in [3.8, 4) is 0 Å². The Balaban J connectivity index is 1.88. The molecule has 1 saturated carbocycles. The van der Waals surface area contributed by atoms with Gasteiger partial charge < -0.3 is 15.2 Å². The average molecular weight is 187 g/mol. The van der Waals surface area contributed by atoms with Gasteiger partial charge in [0.25, 0.3) is 0 Å². The smallest absolute Gasteiger partial charge is 0.0698 e. The molecule has 0 aromatic rings. The fourth-order valence-electron chi connectivity index (χ4n) is 1.89. The van der Waals surface area contributed by atoms with Crippen molar-refractivity contribution in [3.05, 3.63) is 0 Å². The third kappa shape index (κ3) is 4.60. The van der Waals surface area contributed by atoms with Gasteiger partial charge in [0.15, 0.2) is 0 Å². The van der Waals surface area contributed by atoms with E-state index in [9.17, 15) is 0 Å². The van der Waals surface area contributed by atoms with Crippen LogP contribution in [-0.4, -0.2) is 37.5 Å². The van der Waals surface area contributed by atoms with Crippen LogP contribution in [0.3, 0.4) is 0 Å². The van der Waals surface area contributed by atoms with Crippen LogP contribution in [0.1, 0.15) is 26.2 Å². The van der Waals surface area contributed by atoms with E-state index in [0.717, 1.165) is 12.5 Å². The van der Waals surface area contributed by atoms with Crippen LogP contribution >= 0.6 is 0 Å². The lowest BCUT2D eigenvalue weighted by Crippen LogP contribution is -2.30. The van der Waals surface area contributed by atoms with Gasteiger partial charge >= 0.3 is 0 Å². The van der Waals surface area contributed by atoms with Gasteiger partial charge in [0.2, 0.25) is 0 Å². The van der Waals surface area contributed by atoms with Gasteiger partial charge in [-0.1, -0.05) is 6.92 Å². The van der Waals surface area contributed by atoms with Gasteiger partial charge in [-0.15, -0.1) is 0 Å². The van der Waals surface area contributed by atoms with Crippen molar-refractivity contribution in [2.45, 2.75) is 32.2 Å². The number of hydrogen-bond donors (Lipinski definition) is 2. The SMILES string of the molecule is C[C@@H]1CC[C@@H](NCCOCCO)C1. The Morgan fingerprint density at radius 2 is 2.23 bits per heavy atom. The van der Waals surface area contributed by atoms with Crippen molar-refractivity contribution in [1.29, 1.82) is 0 Å². The molecule has 78 valence electrons. The van der Waals surface area contributed by atoms with Crippen LogP contribution in [-0.2, 0) is 4.74 Å². The van der Waals surface area contributed by atoms with Crippen LogP contribution in [0.4, 0.5) is 0 Å². The zero-order chi connectivity index (χ0) is 9.52. The molecule has 3 nitrogen and oxygen atoms in total. The lowest BCUT2D eigenvalue weighted by Gasteiger charge is -2.11. The topological polar surface area (TPSA) is 41.5 Å². The summed E-state index contributed by atoms with van der Waals surface area (Å²) in [4.78, 5) is 0. The van der Waals surface area contributed by atoms with Crippen molar-refractivity contribution in [2.24, 2.45) is 5.92 Å². The van der Waals surface area contributed by atoms with Crippen LogP contribution in [0.25, 0.3) is 0 Å². The molecule has 0 amide bonds. The second kappa shape index (κ2) is 6.35. The second-order valence-corrected chi connectivity index (χ2v) is 3.91. The van der Waals surface area contributed by atoms with E-state index in [0.29, 0.717) is 19.3 Å². The van der Waals surface area contributed by atoms with E-state index in [4.69, 9.17) is 9.84 Å². The summed E-state index contributed by atoms with van der Waals surface area (Å²) in [6, 6.07) is 0.702. The Bertz CT molecular complexity index is 130. The van der Waals surface area contributed by atoms with Crippen LogP contribution in [0, 0.1) is 5.92 Å². The summed E-state index contributed by atoms with van der Waals surface area (Å²) in [5, 5.41) is 11.9. The molecule has 1 aliphatic rings. The minimum absolute atomic E-state index is 0.125. The van der Waals surface area contributed by atoms with Crippen LogP contribution in [0.15, 0.2) is 0 Å². The van der Waals surface area contributed by atoms with Crippen molar-refractivity contribution >= 4 is 0 Å². The molecule has 0 saturated heterocycles. The summed E-state index contributed by atoms with van der Waals surface area (Å²) in [5.74, 6) is 0.885. The highest BCUT2D eigenvalue weighted by molar-refractivity contribution is 4.77. The molecule has 0 aliphatic heterocycles. The predicted molar refractivity (Wildman–Crippen MR) is 52.7 cm³/mol. The van der Waals surface area contributed by atoms with Gasteiger partial charge in [-0.3, -0.25) is 0 Å². The Labute approximate surface area is 80.5 Å². The summed E-state index contributed by atoms with van der Waals surface area (Å²) >= 11 is 0. The van der Waals surface area contributed by atoms with E-state index in [-0.39, 0.29) is 6.61 Å². The highest BCUT2D eigenvalue weighted by Gasteiger charge is 2.19. The zero-order valence-electron chi connectivity index (χ0n) is 8.46. The van der Waals surface area contributed by atoms with Crippen molar-refractivity contribution in [3.63, 3.8) is 0 Å². The quantitative estimate of drug-likeness (QED) is 0.604. The molecule has 0 bridgehead atoms. The number of hydrogen-bond acceptors (Lipinski definition) is 3. The molecule has 0 spiro atoms. The molecule has 3 heteroatoms. The summed E-state index contributed by atoms with van der Waals surface area (Å²) < 4.78 is 5.16. The minimum Gasteiger partial charge on any atom is -0.394 e. The lowest BCUT2D eigenvalue weighted by molar-refractivity contribution is 0.0926. The second-order valence-electron chi connectivity index (χ2n) is 3.91. The third-order valence-electron chi connectivity index (χ3n) is 2.61. The van der Waals surface area contributed by atoms with Crippen molar-refractivity contribution < 1.29 is 9.84 Å². The van der Waals surface area contributed by atoms with Gasteiger partial charge in [0.1, 0.15) is 0 Å². The fraction of sp³-hybridized carbons (Fsp3) is 1.00. The van der Waals surface area contributed by atoms with E-state index in [1.807, 2.05) is 0 Å². The molecular formula is C10H21NO2. The number of rotatable bonds is 6. The van der Waals surface area contributed by atoms with Gasteiger partial charge in [-0.05, 0) is 25.2 Å². The Morgan fingerprint density at radius 3 is 2.85 bits per heavy atom. The minimum atomic E-state index is 0.125. The highest BCUT2D eigenvalue weighted by Crippen LogP contribution is 2.24. The van der Waals surface area contributed by atoms with Crippen molar-refractivity contribution in [1.82, 2.24) is 5.32 Å². The van der Waals surface area contributed by atoms with Crippen LogP contribution in [0.2, 0.25) is 0 Å². The molecule has 0 aromatic heterocycles. The Hall–Kier alpha value is -0.120. The zero-order valence-corrected chi connectivity index (χ0v) is 8.46. The van der Waals surface area contributed by atoms with E-state index >= 15 is 0 Å². The maximum Gasteiger partial charge on any atom is 0.0698 e. The van der Waals surface area contributed by atoms with E-state index < -0.39 is 0 Å². The van der Waals surface area contributed by atoms with Gasteiger partial charge in [-0.25, -0.2) is 0 Å². The summed E-state index contributed by atoms with van der Waals surface area (Å²) in [7, 11) is 0. The molecule has 0 radical (unpaired) electrons. The number of aliphatic hydroxyl groups is 1. The van der Waals surface area contributed by atoms with E-state index in [1.54, 1.807) is 0 Å². The Kier molecular flexibility index (Phi) is 5.35. The summed E-state index contributed by atoms with van der Waals surface area (Å²) in [5.41, 5.74) is 0. The maximum absolute atomic E-state index is 8.47. The van der Waals surface area contributed by atoms with Gasteiger partial charge in [0.05, 0.1) is 19.8 Å². The maximum atomic E-state index is 8.47. The normalized spacial score (nSPS) is 28.2. The predicted octanol–water partition coefficient (Wildman–Crippen LogP) is 0.773. The van der Waals surface area contributed by atoms with E-state index in [2.05, 4.69) is 12.2 Å². The molecule has 1 fully saturated rings. The highest BCUT2D eigenvalue weighted by atomic mass is 16.5. The number of ether oxygens (including phenoxy) is 1. The fourth-order valence-corrected chi connectivity index (χ4v) is 1.89. The first kappa shape index (κ1) is 11.0. The average Bonchev–Trinajstić information content (AvgIpc) is 2.51. The van der Waals surface area contributed by atoms with Gasteiger partial charge in [-0.2, -0.15) is 0 Å². The molecule has 0 aromatic carbocycles. The third-order valence-corrected chi connectivity index (χ3v) is 2.61. The first-order valence-electron chi connectivity index (χ1n) is 5.25. The van der Waals surface area contributed by atoms with Gasteiger partial charge in [0, 0.05) is 12.6 Å². The molecule has 2 atom stereocenters. The first-order valence-corrected chi connectivity index (χ1v) is 5.25. The summed E-state index contributed by atoms with van der Waals surface area (Å²) in [6.45, 7) is 4.52. The number of nitrogens with one attached hydrogen (secondary N) is 1. The molecular weight excluding hydrogens is 166 g/mol. The largest absolute Gasteiger partial charge is 0.394 e. The monoisotopic (exact) mass is 187 g/mol. The number of aliphatic hydroxyl groups excluding tert-OH is 1. The van der Waals surface area contributed by atoms with Crippen LogP contribution in [0.5, 0.6) is 0 Å². The summed E-state index contributed by atoms with van der Waals surface area (Å²) in [6.07, 6.45) is 3.97. The molecule has 0 heterocycles.